The van der Waals surface area contributed by atoms with E-state index in [-0.39, 0.29) is 23.5 Å². The van der Waals surface area contributed by atoms with E-state index in [4.69, 9.17) is 27.6 Å². The van der Waals surface area contributed by atoms with Gasteiger partial charge in [-0.15, -0.1) is 0 Å². The molecule has 0 aliphatic carbocycles. The maximum atomic E-state index is 13.7. The number of halogens is 2. The lowest BCUT2D eigenvalue weighted by Crippen LogP contribution is -2.51. The van der Waals surface area contributed by atoms with Crippen molar-refractivity contribution in [3.63, 3.8) is 0 Å². The molecule has 1 fully saturated rings. The number of likely N-dealkylation sites (tertiary alicyclic amines) is 1. The fourth-order valence-electron chi connectivity index (χ4n) is 4.93. The van der Waals surface area contributed by atoms with Crippen molar-refractivity contribution < 1.29 is 14.0 Å². The summed E-state index contributed by atoms with van der Waals surface area (Å²) < 4.78 is 5.70. The van der Waals surface area contributed by atoms with Crippen LogP contribution in [0.25, 0.3) is 11.0 Å². The first-order valence-electron chi connectivity index (χ1n) is 12.5. The van der Waals surface area contributed by atoms with E-state index in [9.17, 15) is 14.4 Å². The Labute approximate surface area is 230 Å². The largest absolute Gasteiger partial charge is 0.451 e. The predicted molar refractivity (Wildman–Crippen MR) is 149 cm³/mol. The SMILES string of the molecule is O=C(N[C@H](Cc1ccc(Cl)c(Cl)c1)C(=O)N1CCC(c2ccccc2)CC1)c1cc(=O)c2ccccc2o1. The molecule has 38 heavy (non-hydrogen) atoms. The van der Waals surface area contributed by atoms with Crippen LogP contribution in [-0.2, 0) is 11.2 Å². The zero-order valence-corrected chi connectivity index (χ0v) is 22.0. The molecular formula is C30H26Cl2N2O4. The van der Waals surface area contributed by atoms with Gasteiger partial charge in [-0.25, -0.2) is 0 Å². The molecule has 5 rings (SSSR count). The van der Waals surface area contributed by atoms with E-state index in [1.54, 1.807) is 47.4 Å². The number of fused-ring (bicyclic) bond motifs is 1. The van der Waals surface area contributed by atoms with Crippen LogP contribution in [0.1, 0.15) is 40.4 Å². The Morgan fingerprint density at radius 2 is 1.63 bits per heavy atom. The quantitative estimate of drug-likeness (QED) is 0.328. The van der Waals surface area contributed by atoms with Crippen molar-refractivity contribution in [3.8, 4) is 0 Å². The van der Waals surface area contributed by atoms with Crippen LogP contribution >= 0.6 is 23.2 Å². The average Bonchev–Trinajstić information content (AvgIpc) is 2.95. The number of rotatable bonds is 6. The fraction of sp³-hybridized carbons (Fsp3) is 0.233. The summed E-state index contributed by atoms with van der Waals surface area (Å²) in [5.74, 6) is -0.594. The third-order valence-electron chi connectivity index (χ3n) is 6.96. The van der Waals surface area contributed by atoms with Gasteiger partial charge >= 0.3 is 0 Å². The lowest BCUT2D eigenvalue weighted by Gasteiger charge is -2.34. The molecule has 1 aliphatic heterocycles. The van der Waals surface area contributed by atoms with Crippen LogP contribution in [0.15, 0.2) is 88.1 Å². The molecule has 0 spiro atoms. The summed E-state index contributed by atoms with van der Waals surface area (Å²) in [6.07, 6.45) is 1.88. The molecule has 0 radical (unpaired) electrons. The summed E-state index contributed by atoms with van der Waals surface area (Å²) in [7, 11) is 0. The maximum Gasteiger partial charge on any atom is 0.287 e. The van der Waals surface area contributed by atoms with Crippen LogP contribution in [0.2, 0.25) is 10.0 Å². The van der Waals surface area contributed by atoms with Gasteiger partial charge in [0.1, 0.15) is 11.6 Å². The minimum atomic E-state index is -0.884. The smallest absolute Gasteiger partial charge is 0.287 e. The second-order valence-corrected chi connectivity index (χ2v) is 10.3. The minimum absolute atomic E-state index is 0.150. The Hall–Kier alpha value is -3.61. The van der Waals surface area contributed by atoms with E-state index < -0.39 is 11.9 Å². The topological polar surface area (TPSA) is 79.6 Å². The van der Waals surface area contributed by atoms with Crippen LogP contribution in [-0.4, -0.2) is 35.8 Å². The number of nitrogens with one attached hydrogen (secondary N) is 1. The average molecular weight is 549 g/mol. The van der Waals surface area contributed by atoms with Gasteiger partial charge in [-0.2, -0.15) is 0 Å². The molecule has 3 aromatic carbocycles. The standard InChI is InChI=1S/C30H26Cl2N2O4/c31-23-11-10-19(16-24(23)32)17-25(30(37)34-14-12-21(13-15-34)20-6-2-1-3-7-20)33-29(36)28-18-26(35)22-8-4-5-9-27(22)38-28/h1-11,16,18,21,25H,12-15,17H2,(H,33,36)/t25-/m1/s1. The lowest BCUT2D eigenvalue weighted by molar-refractivity contribution is -0.134. The molecule has 2 amide bonds. The van der Waals surface area contributed by atoms with E-state index >= 15 is 0 Å². The number of hydrogen-bond donors (Lipinski definition) is 1. The van der Waals surface area contributed by atoms with Crippen LogP contribution in [0, 0.1) is 0 Å². The number of carbonyl (C=O) groups excluding carboxylic acids is 2. The van der Waals surface area contributed by atoms with Gasteiger partial charge in [0.2, 0.25) is 5.91 Å². The van der Waals surface area contributed by atoms with E-state index in [1.807, 2.05) is 18.2 Å². The van der Waals surface area contributed by atoms with Crippen LogP contribution in [0.5, 0.6) is 0 Å². The number of carbonyl (C=O) groups is 2. The molecule has 1 aromatic heterocycles. The lowest BCUT2D eigenvalue weighted by atomic mass is 9.89. The Kier molecular flexibility index (Phi) is 7.82. The summed E-state index contributed by atoms with van der Waals surface area (Å²) >= 11 is 12.3. The molecule has 1 saturated heterocycles. The highest BCUT2D eigenvalue weighted by Gasteiger charge is 2.31. The van der Waals surface area contributed by atoms with Crippen molar-refractivity contribution in [1.29, 1.82) is 0 Å². The van der Waals surface area contributed by atoms with Crippen LogP contribution in [0.3, 0.4) is 0 Å². The zero-order valence-electron chi connectivity index (χ0n) is 20.5. The van der Waals surface area contributed by atoms with E-state index in [1.165, 1.54) is 5.56 Å². The number of benzene rings is 3. The highest BCUT2D eigenvalue weighted by molar-refractivity contribution is 6.42. The first-order chi connectivity index (χ1) is 18.4. The van der Waals surface area contributed by atoms with Gasteiger partial charge in [0.15, 0.2) is 11.2 Å². The first kappa shape index (κ1) is 26.0. The van der Waals surface area contributed by atoms with Gasteiger partial charge in [0.25, 0.3) is 5.91 Å². The van der Waals surface area contributed by atoms with Crippen molar-refractivity contribution in [2.75, 3.05) is 13.1 Å². The van der Waals surface area contributed by atoms with Gasteiger partial charge in [-0.05, 0) is 54.2 Å². The zero-order chi connectivity index (χ0) is 26.6. The van der Waals surface area contributed by atoms with Crippen molar-refractivity contribution in [3.05, 3.63) is 116 Å². The molecule has 6 nitrogen and oxygen atoms in total. The number of hydrogen-bond acceptors (Lipinski definition) is 4. The van der Waals surface area contributed by atoms with Gasteiger partial charge in [-0.3, -0.25) is 14.4 Å². The molecule has 0 unspecified atom stereocenters. The van der Waals surface area contributed by atoms with Crippen molar-refractivity contribution >= 4 is 46.0 Å². The Balaban J connectivity index is 1.37. The third-order valence-corrected chi connectivity index (χ3v) is 7.70. The normalized spacial score (nSPS) is 14.8. The number of amides is 2. The summed E-state index contributed by atoms with van der Waals surface area (Å²) in [5, 5.41) is 3.96. The van der Waals surface area contributed by atoms with Gasteiger partial charge in [-0.1, -0.05) is 71.7 Å². The highest BCUT2D eigenvalue weighted by atomic mass is 35.5. The summed E-state index contributed by atoms with van der Waals surface area (Å²) in [4.78, 5) is 41.3. The highest BCUT2D eigenvalue weighted by Crippen LogP contribution is 2.29. The molecule has 0 bridgehead atoms. The van der Waals surface area contributed by atoms with Crippen molar-refractivity contribution in [2.45, 2.75) is 31.2 Å². The molecule has 2 heterocycles. The number of para-hydroxylation sites is 1. The molecule has 1 aliphatic rings. The fourth-order valence-corrected chi connectivity index (χ4v) is 5.25. The molecule has 194 valence electrons. The molecule has 1 atom stereocenters. The van der Waals surface area contributed by atoms with Crippen molar-refractivity contribution in [1.82, 2.24) is 10.2 Å². The summed E-state index contributed by atoms with van der Waals surface area (Å²) in [5.41, 5.74) is 2.00. The van der Waals surface area contributed by atoms with Crippen LogP contribution in [0.4, 0.5) is 0 Å². The summed E-state index contributed by atoms with van der Waals surface area (Å²) in [6, 6.07) is 22.4. The van der Waals surface area contributed by atoms with E-state index in [0.29, 0.717) is 40.0 Å². The van der Waals surface area contributed by atoms with E-state index in [0.717, 1.165) is 24.5 Å². The molecular weight excluding hydrogens is 523 g/mol. The monoisotopic (exact) mass is 548 g/mol. The first-order valence-corrected chi connectivity index (χ1v) is 13.3. The second kappa shape index (κ2) is 11.4. The van der Waals surface area contributed by atoms with Gasteiger partial charge < -0.3 is 14.6 Å². The van der Waals surface area contributed by atoms with Crippen LogP contribution < -0.4 is 10.7 Å². The summed E-state index contributed by atoms with van der Waals surface area (Å²) in [6.45, 7) is 1.16. The molecule has 0 saturated carbocycles. The molecule has 1 N–H and O–H groups in total. The van der Waals surface area contributed by atoms with Gasteiger partial charge in [0.05, 0.1) is 15.4 Å². The minimum Gasteiger partial charge on any atom is -0.451 e. The molecule has 4 aromatic rings. The molecule has 8 heteroatoms. The Bertz CT molecular complexity index is 1530. The maximum absolute atomic E-state index is 13.7. The van der Waals surface area contributed by atoms with Crippen molar-refractivity contribution in [2.24, 2.45) is 0 Å². The second-order valence-electron chi connectivity index (χ2n) is 9.46. The predicted octanol–water partition coefficient (Wildman–Crippen LogP) is 5.85. The van der Waals surface area contributed by atoms with E-state index in [2.05, 4.69) is 17.4 Å². The third kappa shape index (κ3) is 5.77. The van der Waals surface area contributed by atoms with Gasteiger partial charge in [0, 0.05) is 25.6 Å². The Morgan fingerprint density at radius 3 is 2.37 bits per heavy atom. The number of piperidine rings is 1. The number of nitrogens with zero attached hydrogens (tertiary/aromatic N) is 1. The Morgan fingerprint density at radius 1 is 0.921 bits per heavy atom.